The smallest absolute Gasteiger partial charge is 0.344 e. The molecule has 1 heterocycles. The van der Waals surface area contributed by atoms with Crippen molar-refractivity contribution in [3.8, 4) is 5.75 Å². The van der Waals surface area contributed by atoms with E-state index in [9.17, 15) is 19.4 Å². The van der Waals surface area contributed by atoms with Crippen molar-refractivity contribution in [2.24, 2.45) is 4.99 Å². The first kappa shape index (κ1) is 17.8. The molecule has 3 rings (SSSR count). The van der Waals surface area contributed by atoms with Crippen LogP contribution in [0.2, 0.25) is 0 Å². The molecule has 5 nitrogen and oxygen atoms in total. The number of thioether (sulfide) groups is 1. The van der Waals surface area contributed by atoms with Gasteiger partial charge in [-0.15, -0.1) is 0 Å². The number of aliphatic hydroxyl groups excluding tert-OH is 1. The monoisotopic (exact) mass is 371 g/mol. The number of hydrogen-bond donors (Lipinski definition) is 2. The van der Waals surface area contributed by atoms with Gasteiger partial charge in [0.15, 0.2) is 0 Å². The highest BCUT2D eigenvalue weighted by atomic mass is 32.2. The second kappa shape index (κ2) is 7.45. The highest BCUT2D eigenvalue weighted by Crippen LogP contribution is 2.40. The second-order valence-electron chi connectivity index (χ2n) is 5.31. The van der Waals surface area contributed by atoms with E-state index in [1.165, 1.54) is 43.5 Å². The molecule has 7 heteroatoms. The number of aliphatic imine (C=N–C) groups is 1. The molecule has 1 aliphatic rings. The standard InChI is InChI=1S/C19H14FNO4S/c1-25-19(24)16-17(23)15(10-11-2-8-14(22)9-3-11)26-18(16)21-13-6-4-12(20)5-7-13/h2-10,22-23H,1H3/b15-10+,21-18?. The van der Waals surface area contributed by atoms with Crippen LogP contribution in [0.5, 0.6) is 5.75 Å². The Bertz CT molecular complexity index is 931. The molecule has 0 saturated carbocycles. The van der Waals surface area contributed by atoms with Gasteiger partial charge >= 0.3 is 5.97 Å². The molecular weight excluding hydrogens is 357 g/mol. The van der Waals surface area contributed by atoms with E-state index in [0.717, 1.165) is 17.3 Å². The predicted octanol–water partition coefficient (Wildman–Crippen LogP) is 4.33. The van der Waals surface area contributed by atoms with E-state index in [0.29, 0.717) is 10.6 Å². The zero-order chi connectivity index (χ0) is 18.7. The summed E-state index contributed by atoms with van der Waals surface area (Å²) in [6.45, 7) is 0. The van der Waals surface area contributed by atoms with Gasteiger partial charge in [-0.1, -0.05) is 23.9 Å². The Kier molecular flexibility index (Phi) is 5.09. The maximum atomic E-state index is 13.1. The fourth-order valence-electron chi connectivity index (χ4n) is 2.25. The molecule has 0 radical (unpaired) electrons. The maximum Gasteiger partial charge on any atom is 0.344 e. The Balaban J connectivity index is 2.02. The normalized spacial score (nSPS) is 17.2. The lowest BCUT2D eigenvalue weighted by molar-refractivity contribution is -0.135. The molecule has 132 valence electrons. The summed E-state index contributed by atoms with van der Waals surface area (Å²) in [5.41, 5.74) is 1.12. The molecule has 2 N–H and O–H groups in total. The van der Waals surface area contributed by atoms with E-state index in [1.807, 2.05) is 0 Å². The van der Waals surface area contributed by atoms with Crippen LogP contribution in [0, 0.1) is 5.82 Å². The largest absolute Gasteiger partial charge is 0.508 e. The lowest BCUT2D eigenvalue weighted by Gasteiger charge is -2.01. The number of aliphatic hydroxyl groups is 1. The van der Waals surface area contributed by atoms with E-state index in [4.69, 9.17) is 4.74 Å². The minimum absolute atomic E-state index is 0.0492. The van der Waals surface area contributed by atoms with Gasteiger partial charge in [0.05, 0.1) is 17.7 Å². The molecule has 26 heavy (non-hydrogen) atoms. The Morgan fingerprint density at radius 3 is 2.38 bits per heavy atom. The number of phenols is 1. The van der Waals surface area contributed by atoms with Crippen LogP contribution >= 0.6 is 11.8 Å². The van der Waals surface area contributed by atoms with Crippen LogP contribution in [0.1, 0.15) is 5.56 Å². The first-order valence-corrected chi connectivity index (χ1v) is 8.34. The summed E-state index contributed by atoms with van der Waals surface area (Å²) < 4.78 is 17.8. The Morgan fingerprint density at radius 2 is 1.77 bits per heavy atom. The Hall–Kier alpha value is -3.06. The molecular formula is C19H14FNO4S. The molecule has 0 spiro atoms. The highest BCUT2D eigenvalue weighted by molar-refractivity contribution is 8.18. The Morgan fingerprint density at radius 1 is 1.12 bits per heavy atom. The van der Waals surface area contributed by atoms with Crippen LogP contribution < -0.4 is 0 Å². The summed E-state index contributed by atoms with van der Waals surface area (Å²) in [5, 5.41) is 20.1. The number of nitrogens with zero attached hydrogens (tertiary/aromatic N) is 1. The molecule has 0 saturated heterocycles. The molecule has 2 aromatic rings. The number of aromatic hydroxyl groups is 1. The number of hydrogen-bond acceptors (Lipinski definition) is 6. The number of halogens is 1. The third-order valence-corrected chi connectivity index (χ3v) is 4.55. The summed E-state index contributed by atoms with van der Waals surface area (Å²) in [6, 6.07) is 11.8. The van der Waals surface area contributed by atoms with Crippen LogP contribution in [0.15, 0.2) is 69.8 Å². The quantitative estimate of drug-likeness (QED) is 0.785. The van der Waals surface area contributed by atoms with Crippen molar-refractivity contribution in [1.29, 1.82) is 0 Å². The van der Waals surface area contributed by atoms with Crippen LogP contribution in [-0.2, 0) is 9.53 Å². The van der Waals surface area contributed by atoms with Gasteiger partial charge in [0, 0.05) is 0 Å². The van der Waals surface area contributed by atoms with E-state index in [2.05, 4.69) is 4.99 Å². The minimum Gasteiger partial charge on any atom is -0.508 e. The van der Waals surface area contributed by atoms with Gasteiger partial charge in [0.2, 0.25) is 0 Å². The number of ether oxygens (including phenoxy) is 1. The summed E-state index contributed by atoms with van der Waals surface area (Å²) in [4.78, 5) is 16.8. The minimum atomic E-state index is -0.718. The van der Waals surface area contributed by atoms with E-state index < -0.39 is 11.8 Å². The highest BCUT2D eigenvalue weighted by Gasteiger charge is 2.32. The fraction of sp³-hybridized carbons (Fsp3) is 0.0526. The molecule has 0 fully saturated rings. The van der Waals surface area contributed by atoms with Crippen molar-refractivity contribution in [3.63, 3.8) is 0 Å². The van der Waals surface area contributed by atoms with Crippen molar-refractivity contribution in [1.82, 2.24) is 0 Å². The first-order chi connectivity index (χ1) is 12.5. The molecule has 0 atom stereocenters. The number of carbonyl (C=O) groups excluding carboxylic acids is 1. The first-order valence-electron chi connectivity index (χ1n) is 7.53. The molecule has 0 aromatic heterocycles. The average molecular weight is 371 g/mol. The lowest BCUT2D eigenvalue weighted by Crippen LogP contribution is -2.10. The fourth-order valence-corrected chi connectivity index (χ4v) is 3.28. The van der Waals surface area contributed by atoms with E-state index in [-0.39, 0.29) is 22.1 Å². The van der Waals surface area contributed by atoms with Crippen LogP contribution in [-0.4, -0.2) is 28.3 Å². The summed E-state index contributed by atoms with van der Waals surface area (Å²) in [5.74, 6) is -1.23. The third kappa shape index (κ3) is 3.78. The van der Waals surface area contributed by atoms with Crippen molar-refractivity contribution < 1.29 is 24.1 Å². The number of phenolic OH excluding ortho intramolecular Hbond substituents is 1. The zero-order valence-corrected chi connectivity index (χ0v) is 14.5. The number of methoxy groups -OCH3 is 1. The van der Waals surface area contributed by atoms with Crippen molar-refractivity contribution in [2.75, 3.05) is 7.11 Å². The third-order valence-electron chi connectivity index (χ3n) is 3.53. The van der Waals surface area contributed by atoms with Gasteiger partial charge in [0.25, 0.3) is 0 Å². The van der Waals surface area contributed by atoms with Crippen LogP contribution in [0.4, 0.5) is 10.1 Å². The van der Waals surface area contributed by atoms with Gasteiger partial charge < -0.3 is 14.9 Å². The van der Waals surface area contributed by atoms with Gasteiger partial charge in [0.1, 0.15) is 27.9 Å². The SMILES string of the molecule is COC(=O)C1=C(O)/C(=C\c2ccc(O)cc2)SC1=Nc1ccc(F)cc1. The van der Waals surface area contributed by atoms with E-state index in [1.54, 1.807) is 18.2 Å². The number of benzene rings is 2. The molecule has 0 bridgehead atoms. The zero-order valence-electron chi connectivity index (χ0n) is 13.6. The van der Waals surface area contributed by atoms with Gasteiger partial charge in [-0.25, -0.2) is 14.2 Å². The maximum absolute atomic E-state index is 13.1. The predicted molar refractivity (Wildman–Crippen MR) is 98.8 cm³/mol. The molecule has 0 amide bonds. The number of esters is 1. The summed E-state index contributed by atoms with van der Waals surface area (Å²) >= 11 is 1.10. The van der Waals surface area contributed by atoms with Crippen molar-refractivity contribution >= 4 is 34.5 Å². The van der Waals surface area contributed by atoms with E-state index >= 15 is 0 Å². The van der Waals surface area contributed by atoms with Gasteiger partial charge in [-0.05, 0) is 48.0 Å². The van der Waals surface area contributed by atoms with Crippen LogP contribution in [0.3, 0.4) is 0 Å². The molecule has 2 aromatic carbocycles. The van der Waals surface area contributed by atoms with Gasteiger partial charge in [-0.2, -0.15) is 0 Å². The van der Waals surface area contributed by atoms with Gasteiger partial charge in [-0.3, -0.25) is 0 Å². The topological polar surface area (TPSA) is 79.1 Å². The number of carbonyl (C=O) groups is 1. The number of rotatable bonds is 3. The van der Waals surface area contributed by atoms with Crippen molar-refractivity contribution in [2.45, 2.75) is 0 Å². The van der Waals surface area contributed by atoms with Crippen molar-refractivity contribution in [3.05, 3.63) is 76.1 Å². The average Bonchev–Trinajstić information content (AvgIpc) is 2.93. The summed E-state index contributed by atoms with van der Waals surface area (Å²) in [6.07, 6.45) is 1.66. The molecule has 1 aliphatic heterocycles. The van der Waals surface area contributed by atoms with Crippen LogP contribution in [0.25, 0.3) is 6.08 Å². The lowest BCUT2D eigenvalue weighted by atomic mass is 10.1. The molecule has 0 aliphatic carbocycles. The second-order valence-corrected chi connectivity index (χ2v) is 6.34. The summed E-state index contributed by atoms with van der Waals surface area (Å²) in [7, 11) is 1.21. The molecule has 0 unspecified atom stereocenters. The Labute approximate surface area is 153 Å².